The van der Waals surface area contributed by atoms with Gasteiger partial charge in [0.2, 0.25) is 15.9 Å². The second kappa shape index (κ2) is 8.44. The Kier molecular flexibility index (Phi) is 6.62. The quantitative estimate of drug-likeness (QED) is 0.730. The number of halogens is 3. The van der Waals surface area contributed by atoms with Gasteiger partial charge in [-0.3, -0.25) is 9.10 Å². The smallest absolute Gasteiger partial charge is 0.324 e. The number of nitrogens with one attached hydrogen (secondary N) is 1. The zero-order chi connectivity index (χ0) is 22.0. The lowest BCUT2D eigenvalue weighted by Crippen LogP contribution is -2.45. The van der Waals surface area contributed by atoms with Gasteiger partial charge in [-0.15, -0.1) is 0 Å². The molecule has 2 aromatic carbocycles. The normalized spacial score (nSPS) is 13.2. The number of amides is 1. The minimum Gasteiger partial charge on any atom is -0.324 e. The highest BCUT2D eigenvalue weighted by atomic mass is 32.2. The van der Waals surface area contributed by atoms with E-state index in [1.807, 2.05) is 26.0 Å². The lowest BCUT2D eigenvalue weighted by molar-refractivity contribution is -0.137. The SMILES string of the molecule is CC(C)c1ccc(NC(=O)C(C)N(c2cccc(C(F)(F)F)c2)S(C)(=O)=O)cc1. The molecule has 1 atom stereocenters. The fraction of sp³-hybridized carbons (Fsp3) is 0.350. The van der Waals surface area contributed by atoms with E-state index in [1.54, 1.807) is 12.1 Å². The molecule has 5 nitrogen and oxygen atoms in total. The highest BCUT2D eigenvalue weighted by molar-refractivity contribution is 7.92. The molecular formula is C20H23F3N2O3S. The number of sulfonamides is 1. The molecule has 0 fully saturated rings. The number of anilines is 2. The molecule has 0 spiro atoms. The maximum atomic E-state index is 13.0. The van der Waals surface area contributed by atoms with Crippen LogP contribution >= 0.6 is 0 Å². The number of alkyl halides is 3. The number of nitrogens with zero attached hydrogens (tertiary/aromatic N) is 1. The molecule has 0 aliphatic rings. The van der Waals surface area contributed by atoms with Crippen molar-refractivity contribution in [1.29, 1.82) is 0 Å². The Bertz CT molecular complexity index is 971. The van der Waals surface area contributed by atoms with E-state index in [-0.39, 0.29) is 5.69 Å². The number of benzene rings is 2. The van der Waals surface area contributed by atoms with Gasteiger partial charge in [0, 0.05) is 5.69 Å². The lowest BCUT2D eigenvalue weighted by Gasteiger charge is -2.28. The van der Waals surface area contributed by atoms with Crippen molar-refractivity contribution in [3.05, 3.63) is 59.7 Å². The summed E-state index contributed by atoms with van der Waals surface area (Å²) in [5.41, 5.74) is 0.294. The van der Waals surface area contributed by atoms with Gasteiger partial charge >= 0.3 is 6.18 Å². The number of rotatable bonds is 6. The summed E-state index contributed by atoms with van der Waals surface area (Å²) in [5, 5.41) is 2.61. The van der Waals surface area contributed by atoms with Crippen LogP contribution in [0.2, 0.25) is 0 Å². The Labute approximate surface area is 168 Å². The van der Waals surface area contributed by atoms with Crippen LogP contribution < -0.4 is 9.62 Å². The molecule has 0 saturated heterocycles. The van der Waals surface area contributed by atoms with Gasteiger partial charge in [-0.25, -0.2) is 8.42 Å². The number of hydrogen-bond donors (Lipinski definition) is 1. The minimum atomic E-state index is -4.64. The van der Waals surface area contributed by atoms with Gasteiger partial charge in [-0.2, -0.15) is 13.2 Å². The van der Waals surface area contributed by atoms with E-state index < -0.39 is 33.7 Å². The predicted octanol–water partition coefficient (Wildman–Crippen LogP) is 4.62. The molecule has 0 aliphatic heterocycles. The number of hydrogen-bond acceptors (Lipinski definition) is 3. The molecule has 2 rings (SSSR count). The first-order valence-electron chi connectivity index (χ1n) is 8.88. The molecule has 0 aromatic heterocycles. The largest absolute Gasteiger partial charge is 0.416 e. The van der Waals surface area contributed by atoms with Crippen LogP contribution in [0, 0.1) is 0 Å². The molecule has 1 unspecified atom stereocenters. The molecule has 1 amide bonds. The van der Waals surface area contributed by atoms with Crippen LogP contribution in [-0.4, -0.2) is 26.6 Å². The lowest BCUT2D eigenvalue weighted by atomic mass is 10.0. The highest BCUT2D eigenvalue weighted by Crippen LogP contribution is 2.33. The topological polar surface area (TPSA) is 66.5 Å². The summed E-state index contributed by atoms with van der Waals surface area (Å²) in [7, 11) is -4.03. The molecule has 0 radical (unpaired) electrons. The summed E-state index contributed by atoms with van der Waals surface area (Å²) >= 11 is 0. The average Bonchev–Trinajstić information content (AvgIpc) is 2.60. The van der Waals surface area contributed by atoms with Gasteiger partial charge in [0.05, 0.1) is 17.5 Å². The maximum Gasteiger partial charge on any atom is 0.416 e. The summed E-state index contributed by atoms with van der Waals surface area (Å²) in [4.78, 5) is 12.6. The molecule has 0 bridgehead atoms. The van der Waals surface area contributed by atoms with Gasteiger partial charge < -0.3 is 5.32 Å². The van der Waals surface area contributed by atoms with Crippen molar-refractivity contribution in [3.63, 3.8) is 0 Å². The second-order valence-corrected chi connectivity index (χ2v) is 8.91. The zero-order valence-corrected chi connectivity index (χ0v) is 17.3. The standard InChI is InChI=1S/C20H23F3N2O3S/c1-13(2)15-8-10-17(11-9-15)24-19(26)14(3)25(29(4,27)28)18-7-5-6-16(12-18)20(21,22)23/h5-14H,1-4H3,(H,24,26). The highest BCUT2D eigenvalue weighted by Gasteiger charge is 2.34. The Morgan fingerprint density at radius 1 is 1.03 bits per heavy atom. The average molecular weight is 428 g/mol. The first-order valence-corrected chi connectivity index (χ1v) is 10.7. The van der Waals surface area contributed by atoms with Crippen LogP contribution in [-0.2, 0) is 21.0 Å². The Hall–Kier alpha value is -2.55. The van der Waals surface area contributed by atoms with Crippen LogP contribution in [0.1, 0.15) is 37.8 Å². The van der Waals surface area contributed by atoms with Crippen molar-refractivity contribution >= 4 is 27.3 Å². The van der Waals surface area contributed by atoms with Crippen molar-refractivity contribution in [2.45, 2.75) is 38.9 Å². The van der Waals surface area contributed by atoms with Gasteiger partial charge in [-0.1, -0.05) is 32.0 Å². The van der Waals surface area contributed by atoms with Gasteiger partial charge in [0.1, 0.15) is 6.04 Å². The Morgan fingerprint density at radius 3 is 2.10 bits per heavy atom. The third kappa shape index (κ3) is 5.72. The predicted molar refractivity (Wildman–Crippen MR) is 107 cm³/mol. The first kappa shape index (κ1) is 22.7. The minimum absolute atomic E-state index is 0.236. The van der Waals surface area contributed by atoms with Crippen molar-refractivity contribution < 1.29 is 26.4 Å². The van der Waals surface area contributed by atoms with Crippen LogP contribution in [0.5, 0.6) is 0 Å². The monoisotopic (exact) mass is 428 g/mol. The fourth-order valence-electron chi connectivity index (χ4n) is 2.83. The van der Waals surface area contributed by atoms with E-state index in [0.717, 1.165) is 24.0 Å². The molecule has 1 N–H and O–H groups in total. The third-order valence-electron chi connectivity index (χ3n) is 4.36. The summed E-state index contributed by atoms with van der Waals surface area (Å²) in [5.74, 6) is -0.356. The molecule has 0 aliphatic carbocycles. The van der Waals surface area contributed by atoms with Crippen LogP contribution in [0.15, 0.2) is 48.5 Å². The Balaban J connectivity index is 2.32. The van der Waals surface area contributed by atoms with Crippen LogP contribution in [0.4, 0.5) is 24.5 Å². The second-order valence-electron chi connectivity index (χ2n) is 7.05. The van der Waals surface area contributed by atoms with E-state index in [1.165, 1.54) is 13.0 Å². The first-order chi connectivity index (χ1) is 13.3. The molecule has 29 heavy (non-hydrogen) atoms. The number of carbonyl (C=O) groups excluding carboxylic acids is 1. The fourth-order valence-corrected chi connectivity index (χ4v) is 3.99. The van der Waals surface area contributed by atoms with E-state index in [0.29, 0.717) is 22.0 Å². The Morgan fingerprint density at radius 2 is 1.62 bits per heavy atom. The molecule has 9 heteroatoms. The van der Waals surface area contributed by atoms with Gasteiger partial charge in [0.15, 0.2) is 0 Å². The number of carbonyl (C=O) groups is 1. The summed E-state index contributed by atoms with van der Waals surface area (Å²) < 4.78 is 64.3. The zero-order valence-electron chi connectivity index (χ0n) is 16.5. The van der Waals surface area contributed by atoms with E-state index in [2.05, 4.69) is 5.32 Å². The maximum absolute atomic E-state index is 13.0. The summed E-state index contributed by atoms with van der Waals surface area (Å²) in [6, 6.07) is 9.66. The van der Waals surface area contributed by atoms with Crippen LogP contribution in [0.3, 0.4) is 0 Å². The van der Waals surface area contributed by atoms with Gasteiger partial charge in [-0.05, 0) is 48.7 Å². The van der Waals surface area contributed by atoms with Crippen molar-refractivity contribution in [2.75, 3.05) is 15.9 Å². The van der Waals surface area contributed by atoms with Crippen molar-refractivity contribution in [3.8, 4) is 0 Å². The molecule has 0 saturated carbocycles. The molecule has 0 heterocycles. The van der Waals surface area contributed by atoms with Crippen molar-refractivity contribution in [2.24, 2.45) is 0 Å². The summed E-state index contributed by atoms with van der Waals surface area (Å²) in [6.45, 7) is 5.36. The van der Waals surface area contributed by atoms with E-state index in [4.69, 9.17) is 0 Å². The molecular weight excluding hydrogens is 405 g/mol. The van der Waals surface area contributed by atoms with E-state index >= 15 is 0 Å². The molecule has 158 valence electrons. The third-order valence-corrected chi connectivity index (χ3v) is 5.60. The van der Waals surface area contributed by atoms with Gasteiger partial charge in [0.25, 0.3) is 0 Å². The van der Waals surface area contributed by atoms with Crippen molar-refractivity contribution in [1.82, 2.24) is 0 Å². The van der Waals surface area contributed by atoms with Crippen LogP contribution in [0.25, 0.3) is 0 Å². The summed E-state index contributed by atoms with van der Waals surface area (Å²) in [6.07, 6.45) is -3.79. The molecule has 2 aromatic rings. The van der Waals surface area contributed by atoms with E-state index in [9.17, 15) is 26.4 Å².